The first kappa shape index (κ1) is 14.9. The molecule has 0 fully saturated rings. The van der Waals surface area contributed by atoms with Crippen LogP contribution in [0.2, 0.25) is 0 Å². The molecule has 0 atom stereocenters. The Balaban J connectivity index is 1.58. The summed E-state index contributed by atoms with van der Waals surface area (Å²) in [7, 11) is 1.64. The lowest BCUT2D eigenvalue weighted by Crippen LogP contribution is -2.00. The van der Waals surface area contributed by atoms with Crippen LogP contribution < -0.4 is 15.4 Å². The van der Waals surface area contributed by atoms with E-state index >= 15 is 0 Å². The number of hydrogen-bond donors (Lipinski definition) is 3. The number of anilines is 4. The van der Waals surface area contributed by atoms with Gasteiger partial charge in [-0.1, -0.05) is 12.1 Å². The third kappa shape index (κ3) is 3.20. The van der Waals surface area contributed by atoms with Gasteiger partial charge in [-0.15, -0.1) is 0 Å². The van der Waals surface area contributed by atoms with Gasteiger partial charge in [0.15, 0.2) is 0 Å². The maximum atomic E-state index is 5.23. The second-order valence-corrected chi connectivity index (χ2v) is 5.38. The second kappa shape index (κ2) is 6.48. The zero-order chi connectivity index (χ0) is 17.1. The summed E-state index contributed by atoms with van der Waals surface area (Å²) in [4.78, 5) is 8.77. The average Bonchev–Trinajstić information content (AvgIpc) is 3.12. The SMILES string of the molecule is COc1cccc(Nc2nccc(Nc3cccc4[nH]ncc34)n2)c1. The summed E-state index contributed by atoms with van der Waals surface area (Å²) in [5.74, 6) is 1.96. The highest BCUT2D eigenvalue weighted by Gasteiger charge is 2.05. The number of benzene rings is 2. The van der Waals surface area contributed by atoms with Crippen molar-refractivity contribution in [2.24, 2.45) is 0 Å². The standard InChI is InChI=1S/C18H16N6O/c1-25-13-5-2-4-12(10-13)21-18-19-9-8-17(23-18)22-15-6-3-7-16-14(15)11-20-24-16/h2-11H,1H3,(H,20,24)(H2,19,21,22,23). The number of fused-ring (bicyclic) bond motifs is 1. The molecule has 0 unspecified atom stereocenters. The van der Waals surface area contributed by atoms with Gasteiger partial charge in [0.2, 0.25) is 5.95 Å². The fourth-order valence-corrected chi connectivity index (χ4v) is 2.53. The minimum absolute atomic E-state index is 0.498. The molecule has 0 aliphatic rings. The van der Waals surface area contributed by atoms with Crippen molar-refractivity contribution in [1.29, 1.82) is 0 Å². The van der Waals surface area contributed by atoms with Gasteiger partial charge >= 0.3 is 0 Å². The first-order chi connectivity index (χ1) is 12.3. The van der Waals surface area contributed by atoms with Crippen LogP contribution in [0.1, 0.15) is 0 Å². The molecule has 7 nitrogen and oxygen atoms in total. The van der Waals surface area contributed by atoms with E-state index in [0.717, 1.165) is 28.0 Å². The van der Waals surface area contributed by atoms with Crippen molar-refractivity contribution in [1.82, 2.24) is 20.2 Å². The lowest BCUT2D eigenvalue weighted by Gasteiger charge is -2.09. The van der Waals surface area contributed by atoms with E-state index in [0.29, 0.717) is 11.8 Å². The Kier molecular flexibility index (Phi) is 3.88. The number of hydrogen-bond acceptors (Lipinski definition) is 6. The lowest BCUT2D eigenvalue weighted by molar-refractivity contribution is 0.415. The molecule has 0 saturated heterocycles. The molecule has 0 saturated carbocycles. The molecule has 0 spiro atoms. The van der Waals surface area contributed by atoms with Gasteiger partial charge in [0.05, 0.1) is 24.5 Å². The molecule has 124 valence electrons. The molecule has 0 radical (unpaired) electrons. The van der Waals surface area contributed by atoms with Crippen LogP contribution in [0.25, 0.3) is 10.9 Å². The molecular formula is C18H16N6O. The molecule has 3 N–H and O–H groups in total. The van der Waals surface area contributed by atoms with Crippen LogP contribution in [0.4, 0.5) is 23.1 Å². The van der Waals surface area contributed by atoms with Crippen LogP contribution in [-0.2, 0) is 0 Å². The number of aromatic amines is 1. The molecule has 0 amide bonds. The monoisotopic (exact) mass is 332 g/mol. The number of methoxy groups -OCH3 is 1. The van der Waals surface area contributed by atoms with E-state index in [2.05, 4.69) is 30.8 Å². The maximum Gasteiger partial charge on any atom is 0.229 e. The number of aromatic nitrogens is 4. The molecule has 2 heterocycles. The summed E-state index contributed by atoms with van der Waals surface area (Å²) in [5, 5.41) is 14.5. The van der Waals surface area contributed by atoms with Crippen molar-refractivity contribution in [2.45, 2.75) is 0 Å². The van der Waals surface area contributed by atoms with Crippen LogP contribution in [0.15, 0.2) is 60.9 Å². The van der Waals surface area contributed by atoms with E-state index in [1.165, 1.54) is 0 Å². The Morgan fingerprint density at radius 2 is 1.96 bits per heavy atom. The Labute approximate surface area is 144 Å². The molecule has 0 aliphatic carbocycles. The quantitative estimate of drug-likeness (QED) is 0.514. The highest BCUT2D eigenvalue weighted by molar-refractivity contribution is 5.92. The fraction of sp³-hybridized carbons (Fsp3) is 0.0556. The van der Waals surface area contributed by atoms with Gasteiger partial charge in [0.1, 0.15) is 11.6 Å². The van der Waals surface area contributed by atoms with Crippen molar-refractivity contribution in [2.75, 3.05) is 17.7 Å². The van der Waals surface area contributed by atoms with Crippen molar-refractivity contribution < 1.29 is 4.74 Å². The number of nitrogens with zero attached hydrogens (tertiary/aromatic N) is 3. The summed E-state index contributed by atoms with van der Waals surface area (Å²) in [5.41, 5.74) is 2.75. The summed E-state index contributed by atoms with van der Waals surface area (Å²) in [6.07, 6.45) is 3.49. The van der Waals surface area contributed by atoms with Crippen LogP contribution in [0, 0.1) is 0 Å². The van der Waals surface area contributed by atoms with E-state index < -0.39 is 0 Å². The Hall–Kier alpha value is -3.61. The van der Waals surface area contributed by atoms with Crippen LogP contribution in [0.5, 0.6) is 5.75 Å². The van der Waals surface area contributed by atoms with E-state index in [9.17, 15) is 0 Å². The zero-order valence-electron chi connectivity index (χ0n) is 13.5. The Morgan fingerprint density at radius 1 is 1.04 bits per heavy atom. The molecule has 25 heavy (non-hydrogen) atoms. The smallest absolute Gasteiger partial charge is 0.229 e. The second-order valence-electron chi connectivity index (χ2n) is 5.38. The lowest BCUT2D eigenvalue weighted by atomic mass is 10.2. The molecule has 2 aromatic heterocycles. The topological polar surface area (TPSA) is 87.8 Å². The first-order valence-corrected chi connectivity index (χ1v) is 7.75. The zero-order valence-corrected chi connectivity index (χ0v) is 13.5. The van der Waals surface area contributed by atoms with Gasteiger partial charge < -0.3 is 15.4 Å². The summed E-state index contributed by atoms with van der Waals surface area (Å²) < 4.78 is 5.23. The van der Waals surface area contributed by atoms with Crippen molar-refractivity contribution in [3.63, 3.8) is 0 Å². The van der Waals surface area contributed by atoms with Crippen LogP contribution in [0.3, 0.4) is 0 Å². The van der Waals surface area contributed by atoms with Crippen LogP contribution in [-0.4, -0.2) is 27.3 Å². The van der Waals surface area contributed by atoms with Crippen molar-refractivity contribution in [3.8, 4) is 5.75 Å². The molecule has 7 heteroatoms. The molecule has 0 bridgehead atoms. The first-order valence-electron chi connectivity index (χ1n) is 7.75. The number of H-pyrrole nitrogens is 1. The number of ether oxygens (including phenoxy) is 1. The van der Waals surface area contributed by atoms with Crippen molar-refractivity contribution in [3.05, 3.63) is 60.9 Å². The predicted octanol–water partition coefficient (Wildman–Crippen LogP) is 3.85. The number of nitrogens with one attached hydrogen (secondary N) is 3. The number of rotatable bonds is 5. The Morgan fingerprint density at radius 3 is 2.88 bits per heavy atom. The van der Waals surface area contributed by atoms with E-state index in [4.69, 9.17) is 4.74 Å². The largest absolute Gasteiger partial charge is 0.497 e. The van der Waals surface area contributed by atoms with Gasteiger partial charge in [-0.3, -0.25) is 5.10 Å². The van der Waals surface area contributed by atoms with Crippen LogP contribution >= 0.6 is 0 Å². The highest BCUT2D eigenvalue weighted by Crippen LogP contribution is 2.25. The van der Waals surface area contributed by atoms with Gasteiger partial charge in [-0.2, -0.15) is 10.1 Å². The summed E-state index contributed by atoms with van der Waals surface area (Å²) in [6, 6.07) is 15.3. The van der Waals surface area contributed by atoms with E-state index in [1.807, 2.05) is 48.5 Å². The summed E-state index contributed by atoms with van der Waals surface area (Å²) >= 11 is 0. The Bertz CT molecular complexity index is 1010. The van der Waals surface area contributed by atoms with E-state index in [1.54, 1.807) is 19.5 Å². The molecule has 2 aromatic carbocycles. The molecule has 4 aromatic rings. The fourth-order valence-electron chi connectivity index (χ4n) is 2.53. The third-order valence-electron chi connectivity index (χ3n) is 3.73. The van der Waals surface area contributed by atoms with Gasteiger partial charge in [-0.25, -0.2) is 4.98 Å². The normalized spacial score (nSPS) is 10.6. The van der Waals surface area contributed by atoms with E-state index in [-0.39, 0.29) is 0 Å². The van der Waals surface area contributed by atoms with Gasteiger partial charge in [-0.05, 0) is 30.3 Å². The third-order valence-corrected chi connectivity index (χ3v) is 3.73. The minimum Gasteiger partial charge on any atom is -0.497 e. The average molecular weight is 332 g/mol. The molecular weight excluding hydrogens is 316 g/mol. The highest BCUT2D eigenvalue weighted by atomic mass is 16.5. The van der Waals surface area contributed by atoms with Gasteiger partial charge in [0.25, 0.3) is 0 Å². The predicted molar refractivity (Wildman–Crippen MR) is 97.7 cm³/mol. The summed E-state index contributed by atoms with van der Waals surface area (Å²) in [6.45, 7) is 0. The van der Waals surface area contributed by atoms with Gasteiger partial charge in [0, 0.05) is 23.3 Å². The minimum atomic E-state index is 0.498. The maximum absolute atomic E-state index is 5.23. The molecule has 4 rings (SSSR count). The molecule has 0 aliphatic heterocycles. The van der Waals surface area contributed by atoms with Crippen molar-refractivity contribution >= 4 is 34.0 Å².